The molecule has 1 fully saturated rings. The molecule has 0 radical (unpaired) electrons. The molecule has 1 aliphatic rings. The second kappa shape index (κ2) is 10.1. The molecule has 2 aromatic rings. The van der Waals surface area contributed by atoms with E-state index in [1.165, 1.54) is 0 Å². The van der Waals surface area contributed by atoms with Gasteiger partial charge in [-0.2, -0.15) is 0 Å². The van der Waals surface area contributed by atoms with E-state index >= 15 is 0 Å². The van der Waals surface area contributed by atoms with Crippen molar-refractivity contribution in [3.8, 4) is 11.5 Å². The van der Waals surface area contributed by atoms with Crippen molar-refractivity contribution in [1.29, 1.82) is 0 Å². The van der Waals surface area contributed by atoms with Gasteiger partial charge in [-0.25, -0.2) is 0 Å². The number of hydrogen-bond donors (Lipinski definition) is 0. The Morgan fingerprint density at radius 3 is 2.47 bits per heavy atom. The first-order chi connectivity index (χ1) is 14.5. The second-order valence-corrected chi connectivity index (χ2v) is 7.56. The van der Waals surface area contributed by atoms with Crippen molar-refractivity contribution in [2.75, 3.05) is 34.4 Å². The van der Waals surface area contributed by atoms with Crippen LogP contribution in [0, 0.1) is 0 Å². The van der Waals surface area contributed by atoms with E-state index in [1.54, 1.807) is 31.1 Å². The zero-order chi connectivity index (χ0) is 21.5. The third-order valence-corrected chi connectivity index (χ3v) is 5.58. The summed E-state index contributed by atoms with van der Waals surface area (Å²) in [6, 6.07) is 14.8. The van der Waals surface area contributed by atoms with Crippen LogP contribution in [0.1, 0.15) is 36.4 Å². The Labute approximate surface area is 178 Å². The molecule has 0 N–H and O–H groups in total. The van der Waals surface area contributed by atoms with Crippen molar-refractivity contribution in [2.24, 2.45) is 0 Å². The molecule has 1 unspecified atom stereocenters. The van der Waals surface area contributed by atoms with Crippen LogP contribution in [0.15, 0.2) is 48.5 Å². The summed E-state index contributed by atoms with van der Waals surface area (Å²) in [5, 5.41) is 0. The molecule has 1 atom stereocenters. The lowest BCUT2D eigenvalue weighted by atomic mass is 10.00. The highest BCUT2D eigenvalue weighted by Gasteiger charge is 2.34. The normalized spacial score (nSPS) is 14.9. The highest BCUT2D eigenvalue weighted by molar-refractivity contribution is 5.89. The first-order valence-corrected chi connectivity index (χ1v) is 10.4. The van der Waals surface area contributed by atoms with Crippen LogP contribution in [-0.4, -0.2) is 56.0 Å². The number of hydrogen-bond acceptors (Lipinski definition) is 4. The number of rotatable bonds is 8. The van der Waals surface area contributed by atoms with E-state index in [0.717, 1.165) is 24.0 Å². The fourth-order valence-electron chi connectivity index (χ4n) is 3.84. The van der Waals surface area contributed by atoms with Gasteiger partial charge in [0.2, 0.25) is 11.8 Å². The molecule has 2 aromatic carbocycles. The molecule has 1 heterocycles. The van der Waals surface area contributed by atoms with Gasteiger partial charge in [0.1, 0.15) is 6.04 Å². The quantitative estimate of drug-likeness (QED) is 0.669. The van der Waals surface area contributed by atoms with Crippen molar-refractivity contribution in [3.63, 3.8) is 0 Å². The molecule has 30 heavy (non-hydrogen) atoms. The number of nitrogens with zero attached hydrogens (tertiary/aromatic N) is 2. The Bertz CT molecular complexity index is 869. The lowest BCUT2D eigenvalue weighted by Gasteiger charge is -2.36. The molecule has 0 aromatic heterocycles. The summed E-state index contributed by atoms with van der Waals surface area (Å²) in [6.45, 7) is 1.16. The maximum absolute atomic E-state index is 13.4. The van der Waals surface area contributed by atoms with Crippen LogP contribution in [0.4, 0.5) is 0 Å². The zero-order valence-electron chi connectivity index (χ0n) is 18.0. The monoisotopic (exact) mass is 410 g/mol. The van der Waals surface area contributed by atoms with Crippen LogP contribution in [-0.2, 0) is 16.0 Å². The number of benzene rings is 2. The molecule has 0 saturated carbocycles. The van der Waals surface area contributed by atoms with E-state index in [9.17, 15) is 9.59 Å². The summed E-state index contributed by atoms with van der Waals surface area (Å²) >= 11 is 0. The van der Waals surface area contributed by atoms with Crippen LogP contribution in [0.2, 0.25) is 0 Å². The van der Waals surface area contributed by atoms with E-state index < -0.39 is 6.04 Å². The smallest absolute Gasteiger partial charge is 0.249 e. The van der Waals surface area contributed by atoms with E-state index in [1.807, 2.05) is 48.5 Å². The van der Waals surface area contributed by atoms with Gasteiger partial charge in [-0.3, -0.25) is 9.59 Å². The predicted molar refractivity (Wildman–Crippen MR) is 116 cm³/mol. The average Bonchev–Trinajstić information content (AvgIpc) is 2.79. The van der Waals surface area contributed by atoms with Crippen molar-refractivity contribution < 1.29 is 19.1 Å². The number of piperidine rings is 1. The van der Waals surface area contributed by atoms with Crippen molar-refractivity contribution in [1.82, 2.24) is 9.80 Å². The molecule has 0 spiro atoms. The van der Waals surface area contributed by atoms with Crippen molar-refractivity contribution >= 4 is 11.8 Å². The van der Waals surface area contributed by atoms with Crippen LogP contribution >= 0.6 is 0 Å². The number of methoxy groups -OCH3 is 2. The Kier molecular flexibility index (Phi) is 7.33. The van der Waals surface area contributed by atoms with Gasteiger partial charge in [0.25, 0.3) is 0 Å². The fourth-order valence-corrected chi connectivity index (χ4v) is 3.84. The maximum atomic E-state index is 13.4. The molecule has 0 aliphatic carbocycles. The van der Waals surface area contributed by atoms with Gasteiger partial charge < -0.3 is 19.3 Å². The summed E-state index contributed by atoms with van der Waals surface area (Å²) in [5.74, 6) is 1.34. The van der Waals surface area contributed by atoms with Crippen LogP contribution in [0.25, 0.3) is 0 Å². The highest BCUT2D eigenvalue weighted by atomic mass is 16.5. The Balaban J connectivity index is 1.75. The predicted octanol–water partition coefficient (Wildman–Crippen LogP) is 3.46. The number of likely N-dealkylation sites (N-methyl/N-ethyl adjacent to an activating group) is 1. The second-order valence-electron chi connectivity index (χ2n) is 7.56. The minimum atomic E-state index is -0.575. The third-order valence-electron chi connectivity index (χ3n) is 5.58. The molecular weight excluding hydrogens is 380 g/mol. The lowest BCUT2D eigenvalue weighted by Crippen LogP contribution is -2.46. The summed E-state index contributed by atoms with van der Waals surface area (Å²) in [6.07, 6.45) is 3.00. The summed E-state index contributed by atoms with van der Waals surface area (Å²) in [5.41, 5.74) is 1.91. The van der Waals surface area contributed by atoms with Crippen LogP contribution in [0.3, 0.4) is 0 Å². The van der Waals surface area contributed by atoms with Gasteiger partial charge >= 0.3 is 0 Å². The molecule has 1 saturated heterocycles. The number of carbonyl (C=O) groups excluding carboxylic acids is 2. The Hall–Kier alpha value is -3.02. The van der Waals surface area contributed by atoms with Crippen molar-refractivity contribution in [2.45, 2.75) is 31.7 Å². The Morgan fingerprint density at radius 1 is 1.07 bits per heavy atom. The van der Waals surface area contributed by atoms with Crippen LogP contribution in [0.5, 0.6) is 11.5 Å². The molecule has 2 amide bonds. The Morgan fingerprint density at radius 2 is 1.80 bits per heavy atom. The number of likely N-dealkylation sites (tertiary alicyclic amines) is 1. The number of amides is 2. The molecule has 0 bridgehead atoms. The SMILES string of the molecule is COc1ccc(CCN(C)C(=O)C(c2ccccc2)N2CCCCC2=O)cc1OC. The summed E-state index contributed by atoms with van der Waals surface area (Å²) in [4.78, 5) is 29.5. The van der Waals surface area contributed by atoms with E-state index in [0.29, 0.717) is 37.4 Å². The van der Waals surface area contributed by atoms with Gasteiger partial charge in [0, 0.05) is 26.6 Å². The number of ether oxygens (including phenoxy) is 2. The van der Waals surface area contributed by atoms with E-state index in [4.69, 9.17) is 9.47 Å². The first kappa shape index (κ1) is 21.7. The molecule has 160 valence electrons. The summed E-state index contributed by atoms with van der Waals surface area (Å²) < 4.78 is 10.7. The first-order valence-electron chi connectivity index (χ1n) is 10.4. The van der Waals surface area contributed by atoms with Gasteiger partial charge in [0.15, 0.2) is 11.5 Å². The molecule has 3 rings (SSSR count). The number of carbonyl (C=O) groups is 2. The van der Waals surface area contributed by atoms with Crippen molar-refractivity contribution in [3.05, 3.63) is 59.7 Å². The van der Waals surface area contributed by atoms with E-state index in [2.05, 4.69) is 0 Å². The molecule has 6 heteroatoms. The topological polar surface area (TPSA) is 59.1 Å². The van der Waals surface area contributed by atoms with Gasteiger partial charge in [-0.05, 0) is 42.5 Å². The average molecular weight is 411 g/mol. The zero-order valence-corrected chi connectivity index (χ0v) is 18.0. The lowest BCUT2D eigenvalue weighted by molar-refractivity contribution is -0.147. The van der Waals surface area contributed by atoms with Crippen LogP contribution < -0.4 is 9.47 Å². The summed E-state index contributed by atoms with van der Waals surface area (Å²) in [7, 11) is 5.01. The van der Waals surface area contributed by atoms with E-state index in [-0.39, 0.29) is 11.8 Å². The standard InChI is InChI=1S/C24H30N2O4/c1-25(16-14-18-12-13-20(29-2)21(17-18)30-3)24(28)23(19-9-5-4-6-10-19)26-15-8-7-11-22(26)27/h4-6,9-10,12-13,17,23H,7-8,11,14-16H2,1-3H3. The van der Waals surface area contributed by atoms with Gasteiger partial charge in [0.05, 0.1) is 14.2 Å². The minimum Gasteiger partial charge on any atom is -0.493 e. The third kappa shape index (κ3) is 4.93. The molecule has 1 aliphatic heterocycles. The minimum absolute atomic E-state index is 0.0525. The maximum Gasteiger partial charge on any atom is 0.249 e. The largest absolute Gasteiger partial charge is 0.493 e. The fraction of sp³-hybridized carbons (Fsp3) is 0.417. The van der Waals surface area contributed by atoms with Gasteiger partial charge in [-0.1, -0.05) is 36.4 Å². The molecular formula is C24H30N2O4. The molecule has 6 nitrogen and oxygen atoms in total. The van der Waals surface area contributed by atoms with Gasteiger partial charge in [-0.15, -0.1) is 0 Å². The highest BCUT2D eigenvalue weighted by Crippen LogP contribution is 2.29.